The van der Waals surface area contributed by atoms with Gasteiger partial charge in [0.1, 0.15) is 12.6 Å². The maximum Gasteiger partial charge on any atom is 0.244 e. The third kappa shape index (κ3) is 7.35. The molecule has 0 aliphatic carbocycles. The molecule has 0 radical (unpaired) electrons. The maximum atomic E-state index is 13.5. The summed E-state index contributed by atoms with van der Waals surface area (Å²) in [6.07, 6.45) is 1.39. The lowest BCUT2D eigenvalue weighted by Gasteiger charge is -2.32. The van der Waals surface area contributed by atoms with Crippen molar-refractivity contribution >= 4 is 50.7 Å². The third-order valence-corrected chi connectivity index (χ3v) is 6.93. The second-order valence-electron chi connectivity index (χ2n) is 7.67. The smallest absolute Gasteiger partial charge is 0.244 e. The Balaban J connectivity index is 2.44. The van der Waals surface area contributed by atoms with Crippen molar-refractivity contribution in [3.05, 3.63) is 63.6 Å². The molecule has 0 aromatic heterocycles. The van der Waals surface area contributed by atoms with Gasteiger partial charge in [0.25, 0.3) is 0 Å². The van der Waals surface area contributed by atoms with E-state index < -0.39 is 28.5 Å². The number of aryl methyl sites for hydroxylation is 1. The summed E-state index contributed by atoms with van der Waals surface area (Å²) in [4.78, 5) is 27.6. The fraction of sp³-hybridized carbons (Fsp3) is 0.391. The van der Waals surface area contributed by atoms with Gasteiger partial charge in [-0.2, -0.15) is 0 Å². The summed E-state index contributed by atoms with van der Waals surface area (Å²) in [5.74, 6) is -0.809. The first kappa shape index (κ1) is 27.0. The monoisotopic (exact) mass is 513 g/mol. The molecule has 2 amide bonds. The van der Waals surface area contributed by atoms with Crippen molar-refractivity contribution in [3.8, 4) is 0 Å². The van der Waals surface area contributed by atoms with E-state index in [1.165, 1.54) is 11.0 Å². The number of carbonyl (C=O) groups is 2. The first-order chi connectivity index (χ1) is 15.5. The highest BCUT2D eigenvalue weighted by atomic mass is 35.5. The molecule has 0 fully saturated rings. The van der Waals surface area contributed by atoms with Crippen molar-refractivity contribution in [1.29, 1.82) is 0 Å². The minimum absolute atomic E-state index is 0.123. The minimum Gasteiger partial charge on any atom is -0.355 e. The zero-order valence-corrected chi connectivity index (χ0v) is 21.5. The molecule has 0 aliphatic rings. The Morgan fingerprint density at radius 3 is 2.21 bits per heavy atom. The average molecular weight is 514 g/mol. The minimum atomic E-state index is -3.81. The molecule has 1 atom stereocenters. The lowest BCUT2D eigenvalue weighted by atomic mass is 10.1. The van der Waals surface area contributed by atoms with Gasteiger partial charge in [0.05, 0.1) is 11.9 Å². The summed E-state index contributed by atoms with van der Waals surface area (Å²) in [6, 6.07) is 11.0. The van der Waals surface area contributed by atoms with Crippen molar-refractivity contribution < 1.29 is 18.0 Å². The largest absolute Gasteiger partial charge is 0.355 e. The fourth-order valence-electron chi connectivity index (χ4n) is 3.35. The van der Waals surface area contributed by atoms with Gasteiger partial charge in [-0.15, -0.1) is 0 Å². The van der Waals surface area contributed by atoms with Crippen LogP contribution in [0.2, 0.25) is 10.0 Å². The molecule has 0 unspecified atom stereocenters. The van der Waals surface area contributed by atoms with Gasteiger partial charge < -0.3 is 10.2 Å². The number of sulfonamides is 1. The Bertz CT molecular complexity index is 1090. The zero-order chi connectivity index (χ0) is 24.8. The number of amides is 2. The van der Waals surface area contributed by atoms with E-state index in [4.69, 9.17) is 23.2 Å². The molecule has 0 bridgehead atoms. The molecule has 33 heavy (non-hydrogen) atoms. The molecule has 0 aliphatic heterocycles. The quantitative estimate of drug-likeness (QED) is 0.519. The van der Waals surface area contributed by atoms with Crippen molar-refractivity contribution in [1.82, 2.24) is 10.2 Å². The summed E-state index contributed by atoms with van der Waals surface area (Å²) >= 11 is 12.2. The molecule has 10 heteroatoms. The molecule has 7 nitrogen and oxygen atoms in total. The van der Waals surface area contributed by atoms with Gasteiger partial charge in [-0.05, 0) is 55.7 Å². The topological polar surface area (TPSA) is 86.8 Å². The van der Waals surface area contributed by atoms with Crippen LogP contribution in [0.1, 0.15) is 31.4 Å². The van der Waals surface area contributed by atoms with Gasteiger partial charge in [0.2, 0.25) is 21.8 Å². The average Bonchev–Trinajstić information content (AvgIpc) is 2.74. The molecular formula is C23H29Cl2N3O4S. The van der Waals surface area contributed by atoms with Gasteiger partial charge in [0.15, 0.2) is 0 Å². The number of rotatable bonds is 10. The number of carbonyl (C=O) groups excluding carboxylic acids is 2. The molecule has 2 rings (SSSR count). The molecule has 0 saturated heterocycles. The summed E-state index contributed by atoms with van der Waals surface area (Å²) in [7, 11) is -3.81. The van der Waals surface area contributed by atoms with Crippen molar-refractivity contribution in [2.75, 3.05) is 23.7 Å². The Morgan fingerprint density at radius 2 is 1.70 bits per heavy atom. The highest BCUT2D eigenvalue weighted by Crippen LogP contribution is 2.25. The zero-order valence-electron chi connectivity index (χ0n) is 19.1. The summed E-state index contributed by atoms with van der Waals surface area (Å²) in [5.41, 5.74) is 1.82. The number of benzene rings is 2. The van der Waals surface area contributed by atoms with Gasteiger partial charge in [0, 0.05) is 23.1 Å². The van der Waals surface area contributed by atoms with Crippen LogP contribution in [0.15, 0.2) is 42.5 Å². The predicted molar refractivity (Wildman–Crippen MR) is 133 cm³/mol. The van der Waals surface area contributed by atoms with E-state index in [-0.39, 0.29) is 18.1 Å². The van der Waals surface area contributed by atoms with Crippen LogP contribution in [0.25, 0.3) is 0 Å². The van der Waals surface area contributed by atoms with Crippen molar-refractivity contribution in [2.45, 2.75) is 39.8 Å². The van der Waals surface area contributed by atoms with E-state index in [2.05, 4.69) is 5.32 Å². The van der Waals surface area contributed by atoms with Gasteiger partial charge in [-0.1, -0.05) is 48.3 Å². The van der Waals surface area contributed by atoms with Crippen LogP contribution in [0.3, 0.4) is 0 Å². The standard InChI is InChI=1S/C23H29Cl2N3O4S/c1-5-21(23(30)26-6-2)27(14-17-8-10-18(24)11-9-17)22(29)15-28(33(4,31)32)19-12-7-16(3)20(25)13-19/h7-13,21H,5-6,14-15H2,1-4H3,(H,26,30)/t21-/m0/s1. The van der Waals surface area contributed by atoms with E-state index in [1.807, 2.05) is 0 Å². The van der Waals surface area contributed by atoms with Crippen LogP contribution in [-0.4, -0.2) is 50.5 Å². The van der Waals surface area contributed by atoms with E-state index in [0.717, 1.165) is 21.7 Å². The summed E-state index contributed by atoms with van der Waals surface area (Å²) in [6.45, 7) is 5.46. The Kier molecular flexibility index (Phi) is 9.57. The molecular weight excluding hydrogens is 485 g/mol. The van der Waals surface area contributed by atoms with Crippen LogP contribution in [0, 0.1) is 6.92 Å². The summed E-state index contributed by atoms with van der Waals surface area (Å²) in [5, 5.41) is 3.69. The Hall–Kier alpha value is -2.29. The maximum absolute atomic E-state index is 13.5. The van der Waals surface area contributed by atoms with Crippen LogP contribution >= 0.6 is 23.2 Å². The van der Waals surface area contributed by atoms with E-state index in [1.54, 1.807) is 57.2 Å². The molecule has 1 N–H and O–H groups in total. The van der Waals surface area contributed by atoms with Gasteiger partial charge in [-0.3, -0.25) is 13.9 Å². The first-order valence-corrected chi connectivity index (χ1v) is 13.1. The first-order valence-electron chi connectivity index (χ1n) is 10.5. The van der Waals surface area contributed by atoms with Crippen LogP contribution in [0.5, 0.6) is 0 Å². The Labute approximate surface area is 205 Å². The number of hydrogen-bond donors (Lipinski definition) is 1. The normalized spacial score (nSPS) is 12.2. The number of nitrogens with one attached hydrogen (secondary N) is 1. The van der Waals surface area contributed by atoms with E-state index in [0.29, 0.717) is 23.0 Å². The number of likely N-dealkylation sites (N-methyl/N-ethyl adjacent to an activating group) is 1. The molecule has 2 aromatic carbocycles. The van der Waals surface area contributed by atoms with Gasteiger partial charge >= 0.3 is 0 Å². The second kappa shape index (κ2) is 11.7. The number of hydrogen-bond acceptors (Lipinski definition) is 4. The second-order valence-corrected chi connectivity index (χ2v) is 10.4. The lowest BCUT2D eigenvalue weighted by Crippen LogP contribution is -2.52. The Morgan fingerprint density at radius 1 is 1.06 bits per heavy atom. The highest BCUT2D eigenvalue weighted by molar-refractivity contribution is 7.92. The van der Waals surface area contributed by atoms with Crippen LogP contribution in [-0.2, 0) is 26.2 Å². The number of anilines is 1. The summed E-state index contributed by atoms with van der Waals surface area (Å²) < 4.78 is 26.2. The molecule has 0 spiro atoms. The molecule has 180 valence electrons. The molecule has 0 heterocycles. The highest BCUT2D eigenvalue weighted by Gasteiger charge is 2.31. The van der Waals surface area contributed by atoms with Crippen molar-refractivity contribution in [2.24, 2.45) is 0 Å². The van der Waals surface area contributed by atoms with Crippen molar-refractivity contribution in [3.63, 3.8) is 0 Å². The van der Waals surface area contributed by atoms with E-state index >= 15 is 0 Å². The third-order valence-electron chi connectivity index (χ3n) is 5.13. The van der Waals surface area contributed by atoms with E-state index in [9.17, 15) is 18.0 Å². The lowest BCUT2D eigenvalue weighted by molar-refractivity contribution is -0.140. The predicted octanol–water partition coefficient (Wildman–Crippen LogP) is 4.01. The molecule has 0 saturated carbocycles. The molecule has 2 aromatic rings. The van der Waals surface area contributed by atoms with Crippen LogP contribution < -0.4 is 9.62 Å². The number of halogens is 2. The van der Waals surface area contributed by atoms with Gasteiger partial charge in [-0.25, -0.2) is 8.42 Å². The number of nitrogens with zero attached hydrogens (tertiary/aromatic N) is 2. The SMILES string of the molecule is CCNC(=O)[C@H](CC)N(Cc1ccc(Cl)cc1)C(=O)CN(c1ccc(C)c(Cl)c1)S(C)(=O)=O. The fourth-order valence-corrected chi connectivity index (χ4v) is 4.49. The van der Waals surface area contributed by atoms with Crippen LogP contribution in [0.4, 0.5) is 5.69 Å².